The fourth-order valence-corrected chi connectivity index (χ4v) is 0.622. The third-order valence-corrected chi connectivity index (χ3v) is 1.85. The Hall–Kier alpha value is -0.800. The Bertz CT molecular complexity index is 215. The average Bonchev–Trinajstić information content (AvgIpc) is 2.18. The summed E-state index contributed by atoms with van der Waals surface area (Å²) in [5.74, 6) is 0.384. The highest BCUT2D eigenvalue weighted by molar-refractivity contribution is 5.58. The van der Waals surface area contributed by atoms with Crippen LogP contribution in [0.3, 0.4) is 0 Å². The largest absolute Gasteiger partial charge is 0.389 e. The number of hydrogen-bond acceptors (Lipinski definition) is 1. The molecule has 16 heavy (non-hydrogen) atoms. The van der Waals surface area contributed by atoms with Gasteiger partial charge in [-0.25, -0.2) is 0 Å². The van der Waals surface area contributed by atoms with Crippen LogP contribution in [-0.2, 0) is 0 Å². The molecule has 96 valence electrons. The van der Waals surface area contributed by atoms with Crippen molar-refractivity contribution >= 4 is 6.21 Å². The van der Waals surface area contributed by atoms with Gasteiger partial charge >= 0.3 is 6.18 Å². The molecule has 0 aliphatic heterocycles. The van der Waals surface area contributed by atoms with Gasteiger partial charge in [0.2, 0.25) is 0 Å². The predicted octanol–water partition coefficient (Wildman–Crippen LogP) is 4.99. The molecular formula is C12H22F3N. The minimum absolute atomic E-state index is 0.0502. The van der Waals surface area contributed by atoms with Crippen molar-refractivity contribution in [3.63, 3.8) is 0 Å². The zero-order chi connectivity index (χ0) is 13.2. The second-order valence-corrected chi connectivity index (χ2v) is 3.51. The van der Waals surface area contributed by atoms with Crippen molar-refractivity contribution in [2.75, 3.05) is 0 Å². The van der Waals surface area contributed by atoms with Gasteiger partial charge in [-0.1, -0.05) is 33.3 Å². The topological polar surface area (TPSA) is 12.4 Å². The number of alkyl halides is 3. The fraction of sp³-hybridized carbons (Fsp3) is 0.750. The first-order chi connectivity index (χ1) is 7.33. The van der Waals surface area contributed by atoms with E-state index in [0.717, 1.165) is 5.57 Å². The third kappa shape index (κ3) is 13.2. The molecule has 0 aromatic heterocycles. The Labute approximate surface area is 96.5 Å². The van der Waals surface area contributed by atoms with Crippen molar-refractivity contribution in [2.24, 2.45) is 10.9 Å². The summed E-state index contributed by atoms with van der Waals surface area (Å²) in [6.07, 6.45) is -2.01. The molecule has 0 saturated heterocycles. The van der Waals surface area contributed by atoms with E-state index in [2.05, 4.69) is 4.99 Å². The van der Waals surface area contributed by atoms with E-state index in [0.29, 0.717) is 5.92 Å². The van der Waals surface area contributed by atoms with Crippen molar-refractivity contribution in [2.45, 2.75) is 53.6 Å². The molecular weight excluding hydrogens is 215 g/mol. The molecule has 0 aromatic carbocycles. The summed E-state index contributed by atoms with van der Waals surface area (Å²) < 4.78 is 35.1. The van der Waals surface area contributed by atoms with Crippen LogP contribution in [0.1, 0.15) is 47.5 Å². The quantitative estimate of drug-likeness (QED) is 0.611. The van der Waals surface area contributed by atoms with E-state index in [-0.39, 0.29) is 6.42 Å². The molecule has 0 unspecified atom stereocenters. The second kappa shape index (κ2) is 9.43. The lowest BCUT2D eigenvalue weighted by atomic mass is 10.1. The lowest BCUT2D eigenvalue weighted by Gasteiger charge is -2.02. The van der Waals surface area contributed by atoms with Crippen LogP contribution >= 0.6 is 0 Å². The van der Waals surface area contributed by atoms with E-state index in [4.69, 9.17) is 0 Å². The number of nitrogens with zero attached hydrogens (tertiary/aromatic N) is 1. The Kier molecular flexibility index (Phi) is 10.4. The van der Waals surface area contributed by atoms with Gasteiger partial charge in [-0.3, -0.25) is 4.99 Å². The van der Waals surface area contributed by atoms with Gasteiger partial charge in [0.1, 0.15) is 0 Å². The van der Waals surface area contributed by atoms with E-state index in [1.807, 2.05) is 34.6 Å². The zero-order valence-corrected chi connectivity index (χ0v) is 10.7. The second-order valence-electron chi connectivity index (χ2n) is 3.51. The molecule has 1 nitrogen and oxygen atoms in total. The summed E-state index contributed by atoms with van der Waals surface area (Å²) in [5, 5.41) is 0. The van der Waals surface area contributed by atoms with Crippen molar-refractivity contribution in [1.29, 1.82) is 0 Å². The summed E-state index contributed by atoms with van der Waals surface area (Å²) in [6.45, 7) is 9.93. The van der Waals surface area contributed by atoms with Gasteiger partial charge in [-0.05, 0) is 19.3 Å². The molecule has 0 rings (SSSR count). The third-order valence-electron chi connectivity index (χ3n) is 1.85. The molecule has 0 atom stereocenters. The molecule has 0 saturated carbocycles. The number of rotatable bonds is 4. The fourth-order valence-electron chi connectivity index (χ4n) is 0.622. The Morgan fingerprint density at radius 2 is 1.75 bits per heavy atom. The van der Waals surface area contributed by atoms with E-state index in [1.165, 1.54) is 6.21 Å². The standard InChI is InChI=1S/C10H16F3N.C2H6/c1-8(2)9(3)7-14-6-4-5-10(11,12)13;1-2/h6-8H,4-5H2,1-3H3;1-2H3/b9-7+,14-6?;. The maximum atomic E-state index is 11.7. The van der Waals surface area contributed by atoms with Gasteiger partial charge in [0, 0.05) is 18.8 Å². The van der Waals surface area contributed by atoms with Crippen LogP contribution in [0.5, 0.6) is 0 Å². The van der Waals surface area contributed by atoms with Crippen LogP contribution in [0.15, 0.2) is 16.8 Å². The Morgan fingerprint density at radius 3 is 2.12 bits per heavy atom. The van der Waals surface area contributed by atoms with Gasteiger partial charge in [-0.2, -0.15) is 13.2 Å². The highest BCUT2D eigenvalue weighted by Crippen LogP contribution is 2.20. The van der Waals surface area contributed by atoms with E-state index < -0.39 is 12.6 Å². The molecule has 0 radical (unpaired) electrons. The van der Waals surface area contributed by atoms with Crippen LogP contribution < -0.4 is 0 Å². The van der Waals surface area contributed by atoms with Crippen molar-refractivity contribution in [1.82, 2.24) is 0 Å². The van der Waals surface area contributed by atoms with Crippen molar-refractivity contribution in [3.8, 4) is 0 Å². The number of allylic oxidation sites excluding steroid dienone is 1. The smallest absolute Gasteiger partial charge is 0.269 e. The zero-order valence-electron chi connectivity index (χ0n) is 10.7. The summed E-state index contributed by atoms with van der Waals surface area (Å²) in [6, 6.07) is 0. The van der Waals surface area contributed by atoms with Crippen molar-refractivity contribution < 1.29 is 13.2 Å². The minimum atomic E-state index is -4.08. The van der Waals surface area contributed by atoms with Crippen LogP contribution in [-0.4, -0.2) is 12.4 Å². The number of aliphatic imine (C=N–C) groups is 1. The molecule has 0 spiro atoms. The summed E-state index contributed by atoms with van der Waals surface area (Å²) in [5.41, 5.74) is 1.06. The molecule has 0 amide bonds. The molecule has 0 fully saturated rings. The molecule has 0 bridgehead atoms. The molecule has 4 heteroatoms. The average molecular weight is 237 g/mol. The minimum Gasteiger partial charge on any atom is -0.269 e. The van der Waals surface area contributed by atoms with E-state index in [9.17, 15) is 13.2 Å². The maximum Gasteiger partial charge on any atom is 0.389 e. The van der Waals surface area contributed by atoms with Crippen LogP contribution in [0.4, 0.5) is 13.2 Å². The van der Waals surface area contributed by atoms with Gasteiger partial charge in [0.05, 0.1) is 0 Å². The first-order valence-electron chi connectivity index (χ1n) is 5.58. The maximum absolute atomic E-state index is 11.7. The Morgan fingerprint density at radius 1 is 1.25 bits per heavy atom. The summed E-state index contributed by atoms with van der Waals surface area (Å²) in [7, 11) is 0. The molecule has 0 N–H and O–H groups in total. The van der Waals surface area contributed by atoms with Gasteiger partial charge in [0.25, 0.3) is 0 Å². The van der Waals surface area contributed by atoms with Crippen LogP contribution in [0, 0.1) is 5.92 Å². The van der Waals surface area contributed by atoms with Gasteiger partial charge in [0.15, 0.2) is 0 Å². The van der Waals surface area contributed by atoms with E-state index in [1.54, 1.807) is 6.20 Å². The molecule has 0 aromatic rings. The van der Waals surface area contributed by atoms with Gasteiger partial charge in [-0.15, -0.1) is 0 Å². The normalized spacial score (nSPS) is 12.9. The van der Waals surface area contributed by atoms with Crippen LogP contribution in [0.2, 0.25) is 0 Å². The SMILES string of the molecule is C/C(=C\N=CCCC(F)(F)F)C(C)C.CC. The number of halogens is 3. The number of hydrogen-bond donors (Lipinski definition) is 0. The highest BCUT2D eigenvalue weighted by Gasteiger charge is 2.25. The molecule has 0 aliphatic rings. The van der Waals surface area contributed by atoms with Crippen LogP contribution in [0.25, 0.3) is 0 Å². The summed E-state index contributed by atoms with van der Waals surface area (Å²) >= 11 is 0. The first kappa shape index (κ1) is 17.6. The predicted molar refractivity (Wildman–Crippen MR) is 63.7 cm³/mol. The monoisotopic (exact) mass is 237 g/mol. The highest BCUT2D eigenvalue weighted by atomic mass is 19.4. The van der Waals surface area contributed by atoms with Gasteiger partial charge < -0.3 is 0 Å². The first-order valence-corrected chi connectivity index (χ1v) is 5.58. The van der Waals surface area contributed by atoms with E-state index >= 15 is 0 Å². The lowest BCUT2D eigenvalue weighted by Crippen LogP contribution is -2.06. The lowest BCUT2D eigenvalue weighted by molar-refractivity contribution is -0.132. The molecule has 0 aliphatic carbocycles. The van der Waals surface area contributed by atoms with Crippen molar-refractivity contribution in [3.05, 3.63) is 11.8 Å². The molecule has 0 heterocycles. The Balaban J connectivity index is 0. The summed E-state index contributed by atoms with van der Waals surface area (Å²) in [4.78, 5) is 3.81.